The SMILES string of the molecule is CCCCCC[C@@H](NC(=O)c1cccc2cccnc12)C(=O)OC. The van der Waals surface area contributed by atoms with Crippen molar-refractivity contribution in [2.75, 3.05) is 7.11 Å². The number of para-hydroxylation sites is 1. The molecule has 1 amide bonds. The predicted octanol–water partition coefficient (Wildman–Crippen LogP) is 3.48. The van der Waals surface area contributed by atoms with Gasteiger partial charge in [-0.25, -0.2) is 4.79 Å². The van der Waals surface area contributed by atoms with Crippen LogP contribution in [-0.4, -0.2) is 30.0 Å². The first-order chi connectivity index (χ1) is 11.7. The Kier molecular flexibility index (Phi) is 6.73. The molecule has 5 nitrogen and oxygen atoms in total. The lowest BCUT2D eigenvalue weighted by atomic mass is 10.1. The van der Waals surface area contributed by atoms with Gasteiger partial charge in [0.05, 0.1) is 18.2 Å². The quantitative estimate of drug-likeness (QED) is 0.595. The molecule has 1 N–H and O–H groups in total. The highest BCUT2D eigenvalue weighted by molar-refractivity contribution is 6.06. The number of esters is 1. The van der Waals surface area contributed by atoms with E-state index in [1.807, 2.05) is 24.3 Å². The van der Waals surface area contributed by atoms with Crippen LogP contribution in [-0.2, 0) is 9.53 Å². The maximum atomic E-state index is 12.6. The lowest BCUT2D eigenvalue weighted by molar-refractivity contribution is -0.143. The standard InChI is InChI=1S/C19H24N2O3/c1-3-4-5-6-12-16(19(23)24-2)21-18(22)15-11-7-9-14-10-8-13-20-17(14)15/h7-11,13,16H,3-6,12H2,1-2H3,(H,21,22)/t16-/m1/s1. The van der Waals surface area contributed by atoms with Gasteiger partial charge in [-0.05, 0) is 18.6 Å². The maximum Gasteiger partial charge on any atom is 0.328 e. The summed E-state index contributed by atoms with van der Waals surface area (Å²) in [6, 6.07) is 8.54. The molecule has 0 unspecified atom stereocenters. The molecule has 0 aliphatic carbocycles. The molecule has 128 valence electrons. The van der Waals surface area contributed by atoms with Crippen LogP contribution in [0.2, 0.25) is 0 Å². The second kappa shape index (κ2) is 9.01. The zero-order valence-corrected chi connectivity index (χ0v) is 14.2. The minimum absolute atomic E-state index is 0.301. The molecule has 2 aromatic rings. The van der Waals surface area contributed by atoms with Gasteiger partial charge in [0.1, 0.15) is 6.04 Å². The highest BCUT2D eigenvalue weighted by Crippen LogP contribution is 2.16. The number of rotatable bonds is 8. The van der Waals surface area contributed by atoms with E-state index >= 15 is 0 Å². The number of nitrogens with one attached hydrogen (secondary N) is 1. The summed E-state index contributed by atoms with van der Waals surface area (Å²) in [7, 11) is 1.34. The van der Waals surface area contributed by atoms with E-state index in [9.17, 15) is 9.59 Å². The number of carbonyl (C=O) groups is 2. The number of benzene rings is 1. The summed E-state index contributed by atoms with van der Waals surface area (Å²) in [5.74, 6) is -0.710. The molecular formula is C19H24N2O3. The number of pyridine rings is 1. The van der Waals surface area contributed by atoms with Gasteiger partial charge in [0, 0.05) is 11.6 Å². The zero-order chi connectivity index (χ0) is 17.4. The Morgan fingerprint density at radius 1 is 1.17 bits per heavy atom. The third-order valence-electron chi connectivity index (χ3n) is 4.01. The van der Waals surface area contributed by atoms with Crippen molar-refractivity contribution >= 4 is 22.8 Å². The molecule has 1 aromatic heterocycles. The van der Waals surface area contributed by atoms with E-state index in [4.69, 9.17) is 4.74 Å². The monoisotopic (exact) mass is 328 g/mol. The molecule has 0 radical (unpaired) electrons. The molecule has 5 heteroatoms. The van der Waals surface area contributed by atoms with Gasteiger partial charge in [-0.1, -0.05) is 50.8 Å². The summed E-state index contributed by atoms with van der Waals surface area (Å²) in [5, 5.41) is 3.69. The number of methoxy groups -OCH3 is 1. The van der Waals surface area contributed by atoms with E-state index in [0.717, 1.165) is 31.1 Å². The van der Waals surface area contributed by atoms with Gasteiger partial charge < -0.3 is 10.1 Å². The van der Waals surface area contributed by atoms with Crippen LogP contribution in [0.4, 0.5) is 0 Å². The Balaban J connectivity index is 2.12. The molecule has 24 heavy (non-hydrogen) atoms. The molecule has 0 saturated carbocycles. The van der Waals surface area contributed by atoms with E-state index in [0.29, 0.717) is 17.5 Å². The highest BCUT2D eigenvalue weighted by Gasteiger charge is 2.22. The molecule has 0 bridgehead atoms. The highest BCUT2D eigenvalue weighted by atomic mass is 16.5. The molecule has 0 aliphatic rings. The average Bonchev–Trinajstić information content (AvgIpc) is 2.62. The molecule has 1 atom stereocenters. The fraction of sp³-hybridized carbons (Fsp3) is 0.421. The number of amides is 1. The van der Waals surface area contributed by atoms with Crippen LogP contribution in [0.25, 0.3) is 10.9 Å². The van der Waals surface area contributed by atoms with Gasteiger partial charge in [-0.15, -0.1) is 0 Å². The summed E-state index contributed by atoms with van der Waals surface area (Å²) in [6.07, 6.45) is 6.39. The number of hydrogen-bond acceptors (Lipinski definition) is 4. The van der Waals surface area contributed by atoms with Gasteiger partial charge in [0.15, 0.2) is 0 Å². The average molecular weight is 328 g/mol. The minimum Gasteiger partial charge on any atom is -0.467 e. The van der Waals surface area contributed by atoms with Crippen molar-refractivity contribution in [1.82, 2.24) is 10.3 Å². The number of ether oxygens (including phenoxy) is 1. The first-order valence-electron chi connectivity index (χ1n) is 8.39. The van der Waals surface area contributed by atoms with Gasteiger partial charge in [0.25, 0.3) is 5.91 Å². The first kappa shape index (κ1) is 17.9. The van der Waals surface area contributed by atoms with Gasteiger partial charge in [-0.3, -0.25) is 9.78 Å². The molecule has 0 aliphatic heterocycles. The Labute approximate surface area is 142 Å². The molecule has 1 aromatic carbocycles. The number of carbonyl (C=O) groups excluding carboxylic acids is 2. The van der Waals surface area contributed by atoms with E-state index in [-0.39, 0.29) is 5.91 Å². The normalized spacial score (nSPS) is 11.9. The van der Waals surface area contributed by atoms with Crippen LogP contribution in [0.15, 0.2) is 36.5 Å². The van der Waals surface area contributed by atoms with Gasteiger partial charge >= 0.3 is 5.97 Å². The predicted molar refractivity (Wildman–Crippen MR) is 93.8 cm³/mol. The van der Waals surface area contributed by atoms with Gasteiger partial charge in [-0.2, -0.15) is 0 Å². The summed E-state index contributed by atoms with van der Waals surface area (Å²) in [5.41, 5.74) is 1.10. The maximum absolute atomic E-state index is 12.6. The van der Waals surface area contributed by atoms with Gasteiger partial charge in [0.2, 0.25) is 0 Å². The van der Waals surface area contributed by atoms with Crippen LogP contribution in [0.3, 0.4) is 0 Å². The number of fused-ring (bicyclic) bond motifs is 1. The topological polar surface area (TPSA) is 68.3 Å². The molecule has 0 saturated heterocycles. The van der Waals surface area contributed by atoms with Crippen molar-refractivity contribution in [3.63, 3.8) is 0 Å². The Hall–Kier alpha value is -2.43. The summed E-state index contributed by atoms with van der Waals surface area (Å²) < 4.78 is 4.82. The molecule has 0 fully saturated rings. The number of hydrogen-bond donors (Lipinski definition) is 1. The number of aromatic nitrogens is 1. The summed E-state index contributed by atoms with van der Waals surface area (Å²) in [4.78, 5) is 28.9. The summed E-state index contributed by atoms with van der Waals surface area (Å²) >= 11 is 0. The van der Waals surface area contributed by atoms with Crippen molar-refractivity contribution in [1.29, 1.82) is 0 Å². The number of nitrogens with zero attached hydrogens (tertiary/aromatic N) is 1. The van der Waals surface area contributed by atoms with E-state index in [1.54, 1.807) is 12.3 Å². The van der Waals surface area contributed by atoms with E-state index in [2.05, 4.69) is 17.2 Å². The first-order valence-corrected chi connectivity index (χ1v) is 8.39. The second-order valence-electron chi connectivity index (χ2n) is 5.78. The van der Waals surface area contributed by atoms with Crippen LogP contribution < -0.4 is 5.32 Å². The lowest BCUT2D eigenvalue weighted by Gasteiger charge is -2.17. The van der Waals surface area contributed by atoms with Crippen LogP contribution in [0.1, 0.15) is 49.4 Å². The van der Waals surface area contributed by atoms with Crippen molar-refractivity contribution in [2.45, 2.75) is 45.1 Å². The Morgan fingerprint density at radius 2 is 1.96 bits per heavy atom. The van der Waals surface area contributed by atoms with Crippen LogP contribution in [0.5, 0.6) is 0 Å². The molecule has 1 heterocycles. The largest absolute Gasteiger partial charge is 0.467 e. The lowest BCUT2D eigenvalue weighted by Crippen LogP contribution is -2.41. The van der Waals surface area contributed by atoms with E-state index < -0.39 is 12.0 Å². The smallest absolute Gasteiger partial charge is 0.328 e. The van der Waals surface area contributed by atoms with Crippen molar-refractivity contribution in [3.8, 4) is 0 Å². The zero-order valence-electron chi connectivity index (χ0n) is 14.2. The number of unbranched alkanes of at least 4 members (excludes halogenated alkanes) is 3. The molecular weight excluding hydrogens is 304 g/mol. The third-order valence-corrected chi connectivity index (χ3v) is 4.01. The summed E-state index contributed by atoms with van der Waals surface area (Å²) in [6.45, 7) is 2.13. The van der Waals surface area contributed by atoms with Crippen molar-refractivity contribution in [3.05, 3.63) is 42.1 Å². The Morgan fingerprint density at radius 3 is 2.71 bits per heavy atom. The fourth-order valence-corrected chi connectivity index (χ4v) is 2.69. The third kappa shape index (κ3) is 4.54. The molecule has 0 spiro atoms. The van der Waals surface area contributed by atoms with Crippen LogP contribution >= 0.6 is 0 Å². The molecule has 2 rings (SSSR count). The fourth-order valence-electron chi connectivity index (χ4n) is 2.69. The van der Waals surface area contributed by atoms with E-state index in [1.165, 1.54) is 7.11 Å². The van der Waals surface area contributed by atoms with Crippen LogP contribution in [0, 0.1) is 0 Å². The van der Waals surface area contributed by atoms with Crippen molar-refractivity contribution in [2.24, 2.45) is 0 Å². The van der Waals surface area contributed by atoms with Crippen molar-refractivity contribution < 1.29 is 14.3 Å². The minimum atomic E-state index is -0.627. The second-order valence-corrected chi connectivity index (χ2v) is 5.78. The Bertz CT molecular complexity index is 695.